The van der Waals surface area contributed by atoms with Gasteiger partial charge in [-0.2, -0.15) is 0 Å². The van der Waals surface area contributed by atoms with Crippen LogP contribution in [0.4, 0.5) is 0 Å². The Kier molecular flexibility index (Phi) is 4.78. The van der Waals surface area contributed by atoms with Crippen LogP contribution in [0.3, 0.4) is 0 Å². The zero-order valence-electron chi connectivity index (χ0n) is 10.7. The van der Waals surface area contributed by atoms with Crippen LogP contribution in [0.15, 0.2) is 91.0 Å². The van der Waals surface area contributed by atoms with Crippen LogP contribution in [0.5, 0.6) is 0 Å². The van der Waals surface area contributed by atoms with E-state index in [0.717, 1.165) is 0 Å². The number of hydrogen-bond acceptors (Lipinski definition) is 0. The molecule has 3 rings (SSSR count). The maximum atomic E-state index is 2.20. The standard InChI is InChI=1S/C19H16.BH3/c1-4-10-16(11-5-1)19(17-12-6-2-7-13-17)18-14-8-3-9-15-18;/h1-15,19H;1H3. The fraction of sp³-hybridized carbons (Fsp3) is 0.0526. The molecular weight excluding hydrogens is 239 g/mol. The highest BCUT2D eigenvalue weighted by molar-refractivity contribution is 5.75. The predicted octanol–water partition coefficient (Wildman–Crippen LogP) is 3.68. The van der Waals surface area contributed by atoms with Gasteiger partial charge in [-0.1, -0.05) is 91.0 Å². The number of hydrogen-bond donors (Lipinski definition) is 0. The molecule has 0 saturated carbocycles. The molecule has 0 amide bonds. The van der Waals surface area contributed by atoms with Crippen LogP contribution in [0, 0.1) is 0 Å². The zero-order valence-corrected chi connectivity index (χ0v) is 10.7. The first-order valence-corrected chi connectivity index (χ1v) is 6.60. The monoisotopic (exact) mass is 258 g/mol. The summed E-state index contributed by atoms with van der Waals surface area (Å²) in [5.74, 6) is 0.309. The van der Waals surface area contributed by atoms with Crippen LogP contribution >= 0.6 is 0 Å². The van der Waals surface area contributed by atoms with E-state index in [4.69, 9.17) is 0 Å². The highest BCUT2D eigenvalue weighted by Crippen LogP contribution is 2.31. The van der Waals surface area contributed by atoms with Crippen molar-refractivity contribution in [3.63, 3.8) is 0 Å². The van der Waals surface area contributed by atoms with Crippen molar-refractivity contribution >= 4 is 8.41 Å². The van der Waals surface area contributed by atoms with E-state index in [9.17, 15) is 0 Å². The Bertz CT molecular complexity index is 524. The molecule has 0 aromatic heterocycles. The summed E-state index contributed by atoms with van der Waals surface area (Å²) in [4.78, 5) is 0. The summed E-state index contributed by atoms with van der Waals surface area (Å²) in [7, 11) is 0. The predicted molar refractivity (Wildman–Crippen MR) is 90.2 cm³/mol. The van der Waals surface area contributed by atoms with E-state index >= 15 is 0 Å². The van der Waals surface area contributed by atoms with Gasteiger partial charge in [0, 0.05) is 5.92 Å². The average Bonchev–Trinajstić information content (AvgIpc) is 2.51. The minimum atomic E-state index is 0. The Balaban J connectivity index is 0.00000147. The fourth-order valence-electron chi connectivity index (χ4n) is 2.51. The summed E-state index contributed by atoms with van der Waals surface area (Å²) in [5.41, 5.74) is 4.00. The van der Waals surface area contributed by atoms with E-state index in [2.05, 4.69) is 91.0 Å². The molecule has 0 atom stereocenters. The highest BCUT2D eigenvalue weighted by Gasteiger charge is 2.15. The Morgan fingerprint density at radius 3 is 0.900 bits per heavy atom. The van der Waals surface area contributed by atoms with Gasteiger partial charge in [0.05, 0.1) is 8.41 Å². The van der Waals surface area contributed by atoms with Crippen molar-refractivity contribution in [3.05, 3.63) is 108 Å². The first-order valence-electron chi connectivity index (χ1n) is 6.60. The van der Waals surface area contributed by atoms with E-state index in [1.54, 1.807) is 0 Å². The lowest BCUT2D eigenvalue weighted by Crippen LogP contribution is -2.02. The van der Waals surface area contributed by atoms with Gasteiger partial charge in [-0.15, -0.1) is 0 Å². The van der Waals surface area contributed by atoms with Crippen molar-refractivity contribution in [2.24, 2.45) is 0 Å². The molecular formula is C19H19B. The maximum Gasteiger partial charge on any atom is 0.0814 e. The molecule has 1 heteroatoms. The molecule has 3 aromatic carbocycles. The van der Waals surface area contributed by atoms with Crippen LogP contribution in [0.25, 0.3) is 0 Å². The van der Waals surface area contributed by atoms with Gasteiger partial charge in [-0.3, -0.25) is 0 Å². The molecule has 98 valence electrons. The third kappa shape index (κ3) is 3.00. The van der Waals surface area contributed by atoms with Gasteiger partial charge >= 0.3 is 0 Å². The Morgan fingerprint density at radius 2 is 0.650 bits per heavy atom. The second-order valence-corrected chi connectivity index (χ2v) is 4.67. The Labute approximate surface area is 122 Å². The van der Waals surface area contributed by atoms with Crippen molar-refractivity contribution in [2.45, 2.75) is 5.92 Å². The molecule has 0 nitrogen and oxygen atoms in total. The van der Waals surface area contributed by atoms with Gasteiger partial charge in [0.1, 0.15) is 0 Å². The summed E-state index contributed by atoms with van der Waals surface area (Å²) >= 11 is 0. The largest absolute Gasteiger partial charge is 0.0814 e. The number of rotatable bonds is 3. The lowest BCUT2D eigenvalue weighted by molar-refractivity contribution is 0.977. The van der Waals surface area contributed by atoms with Crippen molar-refractivity contribution < 1.29 is 0 Å². The molecule has 3 aromatic rings. The van der Waals surface area contributed by atoms with E-state index in [1.807, 2.05) is 0 Å². The lowest BCUT2D eigenvalue weighted by Gasteiger charge is -2.18. The van der Waals surface area contributed by atoms with Gasteiger partial charge in [0.25, 0.3) is 0 Å². The molecule has 0 aliphatic carbocycles. The highest BCUT2D eigenvalue weighted by atomic mass is 14.2. The van der Waals surface area contributed by atoms with Gasteiger partial charge in [0.2, 0.25) is 0 Å². The first kappa shape index (κ1) is 14.1. The van der Waals surface area contributed by atoms with E-state index in [0.29, 0.717) is 5.92 Å². The Morgan fingerprint density at radius 1 is 0.400 bits per heavy atom. The topological polar surface area (TPSA) is 0 Å². The van der Waals surface area contributed by atoms with Gasteiger partial charge in [-0.25, -0.2) is 0 Å². The molecule has 0 fully saturated rings. The fourth-order valence-corrected chi connectivity index (χ4v) is 2.51. The van der Waals surface area contributed by atoms with E-state index in [-0.39, 0.29) is 8.41 Å². The minimum absolute atomic E-state index is 0. The third-order valence-corrected chi connectivity index (χ3v) is 3.40. The quantitative estimate of drug-likeness (QED) is 0.496. The summed E-state index contributed by atoms with van der Waals surface area (Å²) < 4.78 is 0. The first-order chi connectivity index (χ1) is 9.45. The van der Waals surface area contributed by atoms with Crippen LogP contribution < -0.4 is 0 Å². The van der Waals surface area contributed by atoms with E-state index < -0.39 is 0 Å². The molecule has 0 bridgehead atoms. The van der Waals surface area contributed by atoms with E-state index in [1.165, 1.54) is 16.7 Å². The van der Waals surface area contributed by atoms with Crippen LogP contribution in [-0.2, 0) is 0 Å². The molecule has 0 unspecified atom stereocenters. The molecule has 0 saturated heterocycles. The summed E-state index contributed by atoms with van der Waals surface area (Å²) in [6.45, 7) is 0. The average molecular weight is 258 g/mol. The van der Waals surface area contributed by atoms with Crippen molar-refractivity contribution in [1.82, 2.24) is 0 Å². The van der Waals surface area contributed by atoms with Gasteiger partial charge in [-0.05, 0) is 16.7 Å². The Hall–Kier alpha value is -2.28. The smallest absolute Gasteiger partial charge is 0.0622 e. The minimum Gasteiger partial charge on any atom is -0.0622 e. The normalized spacial score (nSPS) is 10.1. The van der Waals surface area contributed by atoms with Crippen LogP contribution in [0.2, 0.25) is 0 Å². The van der Waals surface area contributed by atoms with Gasteiger partial charge < -0.3 is 0 Å². The summed E-state index contributed by atoms with van der Waals surface area (Å²) in [6, 6.07) is 32.0. The molecule has 0 aliphatic heterocycles. The van der Waals surface area contributed by atoms with Gasteiger partial charge in [0.15, 0.2) is 0 Å². The SMILES string of the molecule is B.c1ccc(C(c2ccccc2)c2ccccc2)cc1. The third-order valence-electron chi connectivity index (χ3n) is 3.40. The summed E-state index contributed by atoms with van der Waals surface area (Å²) in [6.07, 6.45) is 0. The zero-order chi connectivity index (χ0) is 12.9. The molecule has 0 radical (unpaired) electrons. The summed E-state index contributed by atoms with van der Waals surface area (Å²) in [5, 5.41) is 0. The molecule has 0 N–H and O–H groups in total. The van der Waals surface area contributed by atoms with Crippen LogP contribution in [0.1, 0.15) is 22.6 Å². The van der Waals surface area contributed by atoms with Crippen molar-refractivity contribution in [3.8, 4) is 0 Å². The molecule has 0 heterocycles. The van der Waals surface area contributed by atoms with Crippen LogP contribution in [-0.4, -0.2) is 8.41 Å². The maximum absolute atomic E-state index is 2.20. The number of benzene rings is 3. The van der Waals surface area contributed by atoms with Crippen molar-refractivity contribution in [2.75, 3.05) is 0 Å². The second-order valence-electron chi connectivity index (χ2n) is 4.67. The van der Waals surface area contributed by atoms with Crippen molar-refractivity contribution in [1.29, 1.82) is 0 Å². The lowest BCUT2D eigenvalue weighted by atomic mass is 9.85. The molecule has 0 aliphatic rings. The second kappa shape index (κ2) is 6.77. The molecule has 0 spiro atoms. The molecule has 20 heavy (non-hydrogen) atoms.